The van der Waals surface area contributed by atoms with Crippen molar-refractivity contribution in [3.8, 4) is 0 Å². The highest BCUT2D eigenvalue weighted by Crippen LogP contribution is 2.50. The van der Waals surface area contributed by atoms with Crippen molar-refractivity contribution in [1.29, 1.82) is 0 Å². The lowest BCUT2D eigenvalue weighted by Crippen LogP contribution is -2.11. The highest BCUT2D eigenvalue weighted by molar-refractivity contribution is 5.26. The summed E-state index contributed by atoms with van der Waals surface area (Å²) in [5.41, 5.74) is 0.0689. The minimum Gasteiger partial charge on any atom is -0.374 e. The predicted molar refractivity (Wildman–Crippen MR) is 68.3 cm³/mol. The SMILES string of the molecule is CCCC[C@@H]1C[C@]1(/C=C/C1C=CC=C1)OC. The van der Waals surface area contributed by atoms with E-state index in [-0.39, 0.29) is 5.60 Å². The van der Waals surface area contributed by atoms with Gasteiger partial charge in [0, 0.05) is 13.0 Å². The first kappa shape index (κ1) is 11.7. The maximum Gasteiger partial charge on any atom is 0.0892 e. The molecule has 0 aliphatic heterocycles. The molecule has 1 heteroatoms. The van der Waals surface area contributed by atoms with Crippen molar-refractivity contribution in [3.05, 3.63) is 36.5 Å². The molecule has 0 bridgehead atoms. The minimum absolute atomic E-state index is 0.0689. The molecule has 0 aromatic carbocycles. The Morgan fingerprint density at radius 3 is 2.75 bits per heavy atom. The number of ether oxygens (including phenoxy) is 1. The van der Waals surface area contributed by atoms with E-state index >= 15 is 0 Å². The molecule has 0 amide bonds. The zero-order chi connectivity index (χ0) is 11.4. The van der Waals surface area contributed by atoms with Crippen molar-refractivity contribution < 1.29 is 4.74 Å². The summed E-state index contributed by atoms with van der Waals surface area (Å²) in [4.78, 5) is 0. The van der Waals surface area contributed by atoms with E-state index in [1.54, 1.807) is 0 Å². The van der Waals surface area contributed by atoms with Crippen LogP contribution >= 0.6 is 0 Å². The molecule has 0 spiro atoms. The van der Waals surface area contributed by atoms with Gasteiger partial charge < -0.3 is 4.74 Å². The average Bonchev–Trinajstić information content (AvgIpc) is 2.74. The fourth-order valence-corrected chi connectivity index (χ4v) is 2.50. The van der Waals surface area contributed by atoms with E-state index in [2.05, 4.69) is 43.4 Å². The van der Waals surface area contributed by atoms with Gasteiger partial charge in [0.2, 0.25) is 0 Å². The van der Waals surface area contributed by atoms with Crippen LogP contribution in [0, 0.1) is 11.8 Å². The molecule has 1 saturated carbocycles. The zero-order valence-electron chi connectivity index (χ0n) is 10.4. The highest BCUT2D eigenvalue weighted by Gasteiger charge is 2.51. The molecule has 16 heavy (non-hydrogen) atoms. The largest absolute Gasteiger partial charge is 0.374 e. The number of unbranched alkanes of at least 4 members (excludes halogenated alkanes) is 1. The van der Waals surface area contributed by atoms with Gasteiger partial charge in [0.15, 0.2) is 0 Å². The van der Waals surface area contributed by atoms with Gasteiger partial charge in [-0.2, -0.15) is 0 Å². The van der Waals surface area contributed by atoms with E-state index in [9.17, 15) is 0 Å². The van der Waals surface area contributed by atoms with E-state index in [0.717, 1.165) is 5.92 Å². The van der Waals surface area contributed by atoms with E-state index in [1.165, 1.54) is 25.7 Å². The van der Waals surface area contributed by atoms with E-state index in [0.29, 0.717) is 5.92 Å². The summed E-state index contributed by atoms with van der Waals surface area (Å²) in [6, 6.07) is 0. The maximum atomic E-state index is 5.68. The van der Waals surface area contributed by atoms with Crippen LogP contribution in [0.2, 0.25) is 0 Å². The third kappa shape index (κ3) is 2.46. The normalized spacial score (nSPS) is 33.0. The van der Waals surface area contributed by atoms with Crippen LogP contribution in [0.3, 0.4) is 0 Å². The summed E-state index contributed by atoms with van der Waals surface area (Å²) in [5.74, 6) is 1.24. The van der Waals surface area contributed by atoms with E-state index in [4.69, 9.17) is 4.74 Å². The van der Waals surface area contributed by atoms with Crippen LogP contribution < -0.4 is 0 Å². The van der Waals surface area contributed by atoms with Gasteiger partial charge in [-0.3, -0.25) is 0 Å². The van der Waals surface area contributed by atoms with E-state index in [1.807, 2.05) is 7.11 Å². The fraction of sp³-hybridized carbons (Fsp3) is 0.600. The average molecular weight is 218 g/mol. The molecule has 0 N–H and O–H groups in total. The lowest BCUT2D eigenvalue weighted by atomic mass is 10.1. The van der Waals surface area contributed by atoms with Crippen LogP contribution in [0.25, 0.3) is 0 Å². The molecular weight excluding hydrogens is 196 g/mol. The van der Waals surface area contributed by atoms with Crippen LogP contribution in [0.5, 0.6) is 0 Å². The van der Waals surface area contributed by atoms with E-state index < -0.39 is 0 Å². The molecule has 2 rings (SSSR count). The predicted octanol–water partition coefficient (Wildman–Crippen LogP) is 3.88. The van der Waals surface area contributed by atoms with Gasteiger partial charge in [0.1, 0.15) is 0 Å². The quantitative estimate of drug-likeness (QED) is 0.615. The third-order valence-electron chi connectivity index (χ3n) is 3.76. The van der Waals surface area contributed by atoms with Crippen molar-refractivity contribution in [2.75, 3.05) is 7.11 Å². The molecule has 0 radical (unpaired) electrons. The van der Waals surface area contributed by atoms with Crippen LogP contribution in [0.15, 0.2) is 36.5 Å². The Hall–Kier alpha value is -0.820. The summed E-state index contributed by atoms with van der Waals surface area (Å²) in [7, 11) is 1.84. The van der Waals surface area contributed by atoms with Crippen molar-refractivity contribution in [1.82, 2.24) is 0 Å². The number of hydrogen-bond donors (Lipinski definition) is 0. The van der Waals surface area contributed by atoms with Gasteiger partial charge in [0.25, 0.3) is 0 Å². The number of methoxy groups -OCH3 is 1. The Bertz CT molecular complexity index is 301. The Labute approximate surface area is 98.9 Å². The molecule has 2 aliphatic rings. The van der Waals surface area contributed by atoms with Crippen molar-refractivity contribution in [2.24, 2.45) is 11.8 Å². The standard InChI is InChI=1S/C15H22O/c1-3-4-9-14-12-15(14,16-2)11-10-13-7-5-6-8-13/h5-8,10-11,13-14H,3-4,9,12H2,1-2H3/b11-10+/t14-,15+/m1/s1. The van der Waals surface area contributed by atoms with Crippen LogP contribution in [0.4, 0.5) is 0 Å². The van der Waals surface area contributed by atoms with Gasteiger partial charge in [-0.25, -0.2) is 0 Å². The molecule has 0 unspecified atom stereocenters. The summed E-state index contributed by atoms with van der Waals surface area (Å²) < 4.78 is 5.68. The molecule has 2 atom stereocenters. The van der Waals surface area contributed by atoms with Gasteiger partial charge in [0.05, 0.1) is 5.60 Å². The second kappa shape index (κ2) is 5.01. The molecule has 0 saturated heterocycles. The van der Waals surface area contributed by atoms with Crippen molar-refractivity contribution >= 4 is 0 Å². The first-order chi connectivity index (χ1) is 7.80. The second-order valence-electron chi connectivity index (χ2n) is 4.91. The van der Waals surface area contributed by atoms with Gasteiger partial charge in [-0.05, 0) is 18.8 Å². The molecular formula is C15H22O. The molecule has 88 valence electrons. The summed E-state index contributed by atoms with van der Waals surface area (Å²) >= 11 is 0. The Morgan fingerprint density at radius 2 is 2.12 bits per heavy atom. The highest BCUT2D eigenvalue weighted by atomic mass is 16.5. The maximum absolute atomic E-state index is 5.68. The van der Waals surface area contributed by atoms with Crippen LogP contribution in [-0.2, 0) is 4.74 Å². The molecule has 0 heterocycles. The molecule has 0 aromatic heterocycles. The number of rotatable bonds is 6. The van der Waals surface area contributed by atoms with Gasteiger partial charge in [-0.15, -0.1) is 0 Å². The second-order valence-corrected chi connectivity index (χ2v) is 4.91. The Kier molecular flexibility index (Phi) is 3.65. The molecule has 1 fully saturated rings. The molecule has 0 aromatic rings. The van der Waals surface area contributed by atoms with Gasteiger partial charge in [-0.1, -0.05) is 56.2 Å². The fourth-order valence-electron chi connectivity index (χ4n) is 2.50. The Morgan fingerprint density at radius 1 is 1.38 bits per heavy atom. The van der Waals surface area contributed by atoms with Crippen LogP contribution in [0.1, 0.15) is 32.6 Å². The Balaban J connectivity index is 1.87. The lowest BCUT2D eigenvalue weighted by Gasteiger charge is -2.11. The molecule has 1 nitrogen and oxygen atoms in total. The molecule has 2 aliphatic carbocycles. The van der Waals surface area contributed by atoms with Gasteiger partial charge >= 0.3 is 0 Å². The monoisotopic (exact) mass is 218 g/mol. The first-order valence-corrected chi connectivity index (χ1v) is 6.40. The van der Waals surface area contributed by atoms with Crippen molar-refractivity contribution in [2.45, 2.75) is 38.2 Å². The number of allylic oxidation sites excluding steroid dienone is 5. The van der Waals surface area contributed by atoms with Crippen molar-refractivity contribution in [3.63, 3.8) is 0 Å². The summed E-state index contributed by atoms with van der Waals surface area (Å²) in [5, 5.41) is 0. The number of hydrogen-bond acceptors (Lipinski definition) is 1. The topological polar surface area (TPSA) is 9.23 Å². The zero-order valence-corrected chi connectivity index (χ0v) is 10.4. The summed E-state index contributed by atoms with van der Waals surface area (Å²) in [6.45, 7) is 2.25. The van der Waals surface area contributed by atoms with Crippen LogP contribution in [-0.4, -0.2) is 12.7 Å². The lowest BCUT2D eigenvalue weighted by molar-refractivity contribution is 0.104. The summed E-state index contributed by atoms with van der Waals surface area (Å²) in [6.07, 6.45) is 18.3. The third-order valence-corrected chi connectivity index (χ3v) is 3.76. The smallest absolute Gasteiger partial charge is 0.0892 e. The first-order valence-electron chi connectivity index (χ1n) is 6.40. The minimum atomic E-state index is 0.0689.